The molecule has 1 aromatic carbocycles. The Morgan fingerprint density at radius 3 is 2.59 bits per heavy atom. The van der Waals surface area contributed by atoms with Crippen LogP contribution in [0.5, 0.6) is 0 Å². The lowest BCUT2D eigenvalue weighted by molar-refractivity contribution is 0.197. The summed E-state index contributed by atoms with van der Waals surface area (Å²) in [5, 5.41) is 17.2. The zero-order chi connectivity index (χ0) is 27.8. The zero-order valence-electron chi connectivity index (χ0n) is 22.8. The Balaban J connectivity index is 1.85. The molecule has 0 atom stereocenters. The summed E-state index contributed by atoms with van der Waals surface area (Å²) in [5.41, 5.74) is 7.64. The van der Waals surface area contributed by atoms with Crippen molar-refractivity contribution in [3.8, 4) is 0 Å². The number of aliphatic hydroxyl groups is 1. The van der Waals surface area contributed by atoms with Crippen LogP contribution < -0.4 is 17.0 Å². The molecule has 0 spiro atoms. The lowest BCUT2D eigenvalue weighted by atomic mass is 10.1. The van der Waals surface area contributed by atoms with Crippen LogP contribution in [0.15, 0.2) is 44.7 Å². The van der Waals surface area contributed by atoms with Crippen LogP contribution in [0.25, 0.3) is 11.2 Å². The van der Waals surface area contributed by atoms with E-state index in [-0.39, 0.29) is 24.3 Å². The first-order valence-electron chi connectivity index (χ1n) is 13.6. The second-order valence-electron chi connectivity index (χ2n) is 9.61. The number of rotatable bonds is 15. The molecule has 0 amide bonds. The van der Waals surface area contributed by atoms with E-state index in [1.54, 1.807) is 4.57 Å². The van der Waals surface area contributed by atoms with Gasteiger partial charge in [-0.05, 0) is 37.1 Å². The second-order valence-corrected chi connectivity index (χ2v) is 9.61. The molecule has 4 rings (SSSR count). The third-order valence-corrected chi connectivity index (χ3v) is 6.97. The number of likely N-dealkylation sites (N-methyl/N-ethyl adjacent to an activating group) is 1. The standard InChI is InChI=1S/C27H38N8O4/c1-3-5-6-11-35-26(37)24-25(34(27(35)38)12-10-20-8-7-9-21(28)17-20)30-22(18-23-31-29-19-39-23)33(24)14-13-32(4-2)15-16-36/h7-9,17,19,36H,3-6,10-16,18,28H2,1-2H3. The van der Waals surface area contributed by atoms with Gasteiger partial charge in [-0.3, -0.25) is 18.8 Å². The molecule has 0 unspecified atom stereocenters. The molecule has 39 heavy (non-hydrogen) atoms. The summed E-state index contributed by atoms with van der Waals surface area (Å²) < 4.78 is 10.2. The van der Waals surface area contributed by atoms with E-state index >= 15 is 0 Å². The lowest BCUT2D eigenvalue weighted by Gasteiger charge is -2.20. The van der Waals surface area contributed by atoms with E-state index in [4.69, 9.17) is 15.1 Å². The number of nitrogen functional groups attached to an aromatic ring is 1. The zero-order valence-corrected chi connectivity index (χ0v) is 22.8. The molecular weight excluding hydrogens is 500 g/mol. The van der Waals surface area contributed by atoms with Gasteiger partial charge in [-0.25, -0.2) is 9.78 Å². The highest BCUT2D eigenvalue weighted by molar-refractivity contribution is 5.71. The van der Waals surface area contributed by atoms with E-state index in [9.17, 15) is 14.7 Å². The molecule has 3 heterocycles. The molecule has 4 aromatic rings. The number of aryl methyl sites for hydroxylation is 2. The molecule has 3 aromatic heterocycles. The van der Waals surface area contributed by atoms with Crippen LogP contribution in [0.3, 0.4) is 0 Å². The van der Waals surface area contributed by atoms with E-state index in [1.165, 1.54) is 11.0 Å². The van der Waals surface area contributed by atoms with Crippen LogP contribution in [-0.2, 0) is 32.5 Å². The monoisotopic (exact) mass is 538 g/mol. The van der Waals surface area contributed by atoms with E-state index in [2.05, 4.69) is 22.0 Å². The number of hydrogen-bond donors (Lipinski definition) is 2. The maximum Gasteiger partial charge on any atom is 0.332 e. The van der Waals surface area contributed by atoms with Crippen LogP contribution in [0.1, 0.15) is 50.4 Å². The number of nitrogens with zero attached hydrogens (tertiary/aromatic N) is 7. The Bertz CT molecular complexity index is 1470. The molecule has 0 saturated heterocycles. The highest BCUT2D eigenvalue weighted by Gasteiger charge is 2.23. The molecule has 0 saturated carbocycles. The van der Waals surface area contributed by atoms with Crippen molar-refractivity contribution in [3.63, 3.8) is 0 Å². The number of unbranched alkanes of at least 4 members (excludes halogenated alkanes) is 2. The molecule has 12 nitrogen and oxygen atoms in total. The Morgan fingerprint density at radius 1 is 1.05 bits per heavy atom. The van der Waals surface area contributed by atoms with Gasteiger partial charge in [0.05, 0.1) is 13.0 Å². The van der Waals surface area contributed by atoms with Gasteiger partial charge in [-0.15, -0.1) is 10.2 Å². The average Bonchev–Trinajstić information content (AvgIpc) is 3.57. The normalized spacial score (nSPS) is 11.7. The molecule has 0 radical (unpaired) electrons. The van der Waals surface area contributed by atoms with Crippen molar-refractivity contribution in [1.82, 2.24) is 33.8 Å². The maximum atomic E-state index is 13.9. The highest BCUT2D eigenvalue weighted by Crippen LogP contribution is 2.17. The quantitative estimate of drug-likeness (QED) is 0.170. The first-order chi connectivity index (χ1) is 19.0. The minimum atomic E-state index is -0.364. The van der Waals surface area contributed by atoms with Crippen molar-refractivity contribution in [2.24, 2.45) is 0 Å². The van der Waals surface area contributed by atoms with Crippen molar-refractivity contribution in [3.05, 3.63) is 68.8 Å². The van der Waals surface area contributed by atoms with Gasteiger partial charge in [-0.1, -0.05) is 38.8 Å². The van der Waals surface area contributed by atoms with Crippen molar-refractivity contribution in [1.29, 1.82) is 0 Å². The summed E-state index contributed by atoms with van der Waals surface area (Å²) in [4.78, 5) is 34.5. The predicted molar refractivity (Wildman–Crippen MR) is 149 cm³/mol. The van der Waals surface area contributed by atoms with Gasteiger partial charge in [0.1, 0.15) is 5.82 Å². The van der Waals surface area contributed by atoms with Gasteiger partial charge < -0.3 is 19.8 Å². The Morgan fingerprint density at radius 2 is 1.90 bits per heavy atom. The topological polar surface area (TPSA) is 150 Å². The van der Waals surface area contributed by atoms with Crippen LogP contribution in [0, 0.1) is 0 Å². The van der Waals surface area contributed by atoms with Gasteiger partial charge in [-0.2, -0.15) is 0 Å². The number of fused-ring (bicyclic) bond motifs is 1. The van der Waals surface area contributed by atoms with E-state index < -0.39 is 0 Å². The van der Waals surface area contributed by atoms with Crippen LogP contribution in [0.2, 0.25) is 0 Å². The van der Waals surface area contributed by atoms with E-state index in [0.717, 1.165) is 31.4 Å². The number of benzene rings is 1. The number of nitrogens with two attached hydrogens (primary N) is 1. The highest BCUT2D eigenvalue weighted by atomic mass is 16.4. The fraction of sp³-hybridized carbons (Fsp3) is 0.519. The molecule has 0 fully saturated rings. The summed E-state index contributed by atoms with van der Waals surface area (Å²) in [5.74, 6) is 0.931. The molecule has 0 aliphatic heterocycles. The molecule has 210 valence electrons. The molecular formula is C27H38N8O4. The third kappa shape index (κ3) is 6.63. The fourth-order valence-electron chi connectivity index (χ4n) is 4.84. The van der Waals surface area contributed by atoms with Gasteiger partial charge in [0.15, 0.2) is 11.2 Å². The fourth-order valence-corrected chi connectivity index (χ4v) is 4.84. The first kappa shape index (κ1) is 28.2. The summed E-state index contributed by atoms with van der Waals surface area (Å²) >= 11 is 0. The lowest BCUT2D eigenvalue weighted by Crippen LogP contribution is -2.41. The number of hydrogen-bond acceptors (Lipinski definition) is 9. The molecule has 0 bridgehead atoms. The first-order valence-corrected chi connectivity index (χ1v) is 13.6. The smallest absolute Gasteiger partial charge is 0.332 e. The largest absolute Gasteiger partial charge is 0.428 e. The average molecular weight is 539 g/mol. The Labute approximate surface area is 226 Å². The molecule has 12 heteroatoms. The van der Waals surface area contributed by atoms with Gasteiger partial charge in [0.2, 0.25) is 12.3 Å². The molecule has 0 aliphatic carbocycles. The maximum absolute atomic E-state index is 13.9. The van der Waals surface area contributed by atoms with Crippen molar-refractivity contribution < 1.29 is 9.52 Å². The SMILES string of the molecule is CCCCCn1c(=O)c2c(nc(Cc3nnco3)n2CCN(CC)CCO)n(CCc2cccc(N)c2)c1=O. The molecule has 0 aliphatic rings. The summed E-state index contributed by atoms with van der Waals surface area (Å²) in [6.45, 7) is 7.15. The molecule has 3 N–H and O–H groups in total. The number of anilines is 1. The Hall–Kier alpha value is -3.77. The number of imidazole rings is 1. The van der Waals surface area contributed by atoms with Crippen molar-refractivity contribution in [2.75, 3.05) is 32.0 Å². The summed E-state index contributed by atoms with van der Waals surface area (Å²) in [6.07, 6.45) is 4.66. The van der Waals surface area contributed by atoms with Crippen molar-refractivity contribution >= 4 is 16.9 Å². The number of aromatic nitrogens is 6. The minimum absolute atomic E-state index is 0.0428. The van der Waals surface area contributed by atoms with E-state index in [1.807, 2.05) is 35.8 Å². The van der Waals surface area contributed by atoms with Gasteiger partial charge in [0, 0.05) is 38.4 Å². The van der Waals surface area contributed by atoms with Crippen LogP contribution in [0.4, 0.5) is 5.69 Å². The van der Waals surface area contributed by atoms with Gasteiger partial charge in [0.25, 0.3) is 5.56 Å². The van der Waals surface area contributed by atoms with Gasteiger partial charge >= 0.3 is 5.69 Å². The summed E-state index contributed by atoms with van der Waals surface area (Å²) in [6, 6.07) is 7.57. The minimum Gasteiger partial charge on any atom is -0.428 e. The number of aliphatic hydroxyl groups excluding tert-OH is 1. The Kier molecular flexibility index (Phi) is 9.66. The van der Waals surface area contributed by atoms with Crippen LogP contribution in [-0.4, -0.2) is 65.1 Å². The van der Waals surface area contributed by atoms with Crippen LogP contribution >= 0.6 is 0 Å². The third-order valence-electron chi connectivity index (χ3n) is 6.97. The van der Waals surface area contributed by atoms with Crippen molar-refractivity contribution in [2.45, 2.75) is 65.6 Å². The second kappa shape index (κ2) is 13.3. The predicted octanol–water partition coefficient (Wildman–Crippen LogP) is 1.66. The van der Waals surface area contributed by atoms with E-state index in [0.29, 0.717) is 67.7 Å². The summed E-state index contributed by atoms with van der Waals surface area (Å²) in [7, 11) is 0.